The normalized spacial score (nSPS) is 17.4. The zero-order chi connectivity index (χ0) is 28.1. The number of guanidine groups is 2. The van der Waals surface area contributed by atoms with Crippen LogP contribution in [0.15, 0.2) is 9.98 Å². The second-order valence-electron chi connectivity index (χ2n) is 9.32. The SMILES string of the molecule is CC(C)C(N)C(=O)NC(CCCN=C(N)N)C(=O)NC(CCCN=C(N)N)C(=O)N1CCCC1C(=O)O. The van der Waals surface area contributed by atoms with Gasteiger partial charge in [-0.15, -0.1) is 0 Å². The van der Waals surface area contributed by atoms with Gasteiger partial charge in [-0.2, -0.15) is 0 Å². The van der Waals surface area contributed by atoms with Gasteiger partial charge in [0.25, 0.3) is 0 Å². The van der Waals surface area contributed by atoms with E-state index in [1.807, 2.05) is 0 Å². The molecule has 1 saturated heterocycles. The number of nitrogens with two attached hydrogens (primary N) is 5. The fourth-order valence-corrected chi connectivity index (χ4v) is 3.86. The molecular weight excluding hydrogens is 484 g/mol. The Morgan fingerprint density at radius 2 is 1.43 bits per heavy atom. The molecule has 210 valence electrons. The van der Waals surface area contributed by atoms with Gasteiger partial charge in [-0.25, -0.2) is 4.79 Å². The summed E-state index contributed by atoms with van der Waals surface area (Å²) in [6.45, 7) is 4.26. The lowest BCUT2D eigenvalue weighted by Crippen LogP contribution is -2.57. The van der Waals surface area contributed by atoms with Crippen LogP contribution in [0.1, 0.15) is 52.4 Å². The smallest absolute Gasteiger partial charge is 0.326 e. The lowest BCUT2D eigenvalue weighted by molar-refractivity contribution is -0.149. The summed E-state index contributed by atoms with van der Waals surface area (Å²) in [5, 5.41) is 14.8. The summed E-state index contributed by atoms with van der Waals surface area (Å²) in [7, 11) is 0. The van der Waals surface area contributed by atoms with E-state index in [0.717, 1.165) is 0 Å². The van der Waals surface area contributed by atoms with Gasteiger partial charge in [-0.1, -0.05) is 13.8 Å². The predicted octanol–water partition coefficient (Wildman–Crippen LogP) is -2.88. The Hall–Kier alpha value is -3.62. The van der Waals surface area contributed by atoms with E-state index in [9.17, 15) is 24.3 Å². The molecule has 0 saturated carbocycles. The third kappa shape index (κ3) is 10.9. The zero-order valence-electron chi connectivity index (χ0n) is 21.6. The first-order valence-electron chi connectivity index (χ1n) is 12.4. The van der Waals surface area contributed by atoms with Crippen LogP contribution in [-0.2, 0) is 19.2 Å². The standard InChI is InChI=1S/C22H42N10O5/c1-12(2)16(23)18(34)30-13(6-3-9-28-21(24)25)17(33)31-14(7-4-10-29-22(26)27)19(35)32-11-5-8-15(32)20(36)37/h12-16H,3-11,23H2,1-2H3,(H,30,34)(H,31,33)(H,36,37)(H4,24,25,28)(H4,26,27,29). The molecule has 3 amide bonds. The molecule has 15 nitrogen and oxygen atoms in total. The van der Waals surface area contributed by atoms with Crippen LogP contribution in [-0.4, -0.2) is 89.4 Å². The monoisotopic (exact) mass is 526 g/mol. The average molecular weight is 527 g/mol. The highest BCUT2D eigenvalue weighted by molar-refractivity contribution is 5.94. The summed E-state index contributed by atoms with van der Waals surface area (Å²) in [5.74, 6) is -3.13. The van der Waals surface area contributed by atoms with Gasteiger partial charge < -0.3 is 49.3 Å². The number of nitrogens with one attached hydrogen (secondary N) is 2. The van der Waals surface area contributed by atoms with E-state index in [-0.39, 0.29) is 50.3 Å². The first-order chi connectivity index (χ1) is 17.3. The summed E-state index contributed by atoms with van der Waals surface area (Å²) in [5.41, 5.74) is 27.3. The van der Waals surface area contributed by atoms with E-state index in [1.165, 1.54) is 4.90 Å². The maximum Gasteiger partial charge on any atom is 0.326 e. The Labute approximate surface area is 216 Å². The van der Waals surface area contributed by atoms with Crippen molar-refractivity contribution in [1.29, 1.82) is 0 Å². The molecule has 1 fully saturated rings. The van der Waals surface area contributed by atoms with Crippen LogP contribution in [0.25, 0.3) is 0 Å². The minimum atomic E-state index is -1.11. The maximum absolute atomic E-state index is 13.3. The number of aliphatic carboxylic acids is 1. The lowest BCUT2D eigenvalue weighted by Gasteiger charge is -2.29. The molecule has 1 rings (SSSR count). The van der Waals surface area contributed by atoms with Gasteiger partial charge in [0.15, 0.2) is 11.9 Å². The number of hydrogen-bond donors (Lipinski definition) is 8. The molecule has 0 bridgehead atoms. The van der Waals surface area contributed by atoms with Crippen LogP contribution < -0.4 is 39.3 Å². The fraction of sp³-hybridized carbons (Fsp3) is 0.727. The van der Waals surface area contributed by atoms with Crippen LogP contribution in [0.5, 0.6) is 0 Å². The molecule has 13 N–H and O–H groups in total. The molecule has 0 aromatic rings. The van der Waals surface area contributed by atoms with Crippen molar-refractivity contribution in [3.05, 3.63) is 0 Å². The number of amides is 3. The highest BCUT2D eigenvalue weighted by atomic mass is 16.4. The fourth-order valence-electron chi connectivity index (χ4n) is 3.86. The molecule has 1 aliphatic heterocycles. The minimum absolute atomic E-state index is 0.100. The van der Waals surface area contributed by atoms with Gasteiger partial charge in [0.1, 0.15) is 18.1 Å². The third-order valence-electron chi connectivity index (χ3n) is 5.98. The first kappa shape index (κ1) is 31.4. The molecule has 15 heteroatoms. The molecule has 1 heterocycles. The second-order valence-corrected chi connectivity index (χ2v) is 9.32. The van der Waals surface area contributed by atoms with Crippen LogP contribution in [0, 0.1) is 5.92 Å². The molecule has 1 aliphatic rings. The van der Waals surface area contributed by atoms with Gasteiger partial charge in [-0.05, 0) is 44.4 Å². The highest BCUT2D eigenvalue weighted by Gasteiger charge is 2.38. The van der Waals surface area contributed by atoms with Crippen molar-refractivity contribution in [2.75, 3.05) is 19.6 Å². The lowest BCUT2D eigenvalue weighted by atomic mass is 10.0. The average Bonchev–Trinajstić information content (AvgIpc) is 3.31. The molecular formula is C22H42N10O5. The van der Waals surface area contributed by atoms with E-state index in [0.29, 0.717) is 25.7 Å². The summed E-state index contributed by atoms with van der Waals surface area (Å²) in [6, 6.07) is -3.87. The minimum Gasteiger partial charge on any atom is -0.480 e. The molecule has 4 unspecified atom stereocenters. The Bertz CT molecular complexity index is 855. The van der Waals surface area contributed by atoms with Crippen LogP contribution in [0.2, 0.25) is 0 Å². The summed E-state index contributed by atoms with van der Waals surface area (Å²) in [6.07, 6.45) is 1.91. The van der Waals surface area contributed by atoms with Gasteiger partial charge in [0.05, 0.1) is 6.04 Å². The topological polar surface area (TPSA) is 271 Å². The quantitative estimate of drug-likeness (QED) is 0.0613. The molecule has 0 aromatic heterocycles. The van der Waals surface area contributed by atoms with Crippen molar-refractivity contribution in [2.45, 2.75) is 76.5 Å². The Kier molecular flexibility index (Phi) is 13.1. The molecule has 0 aromatic carbocycles. The van der Waals surface area contributed by atoms with Gasteiger partial charge >= 0.3 is 5.97 Å². The van der Waals surface area contributed by atoms with Crippen molar-refractivity contribution < 1.29 is 24.3 Å². The van der Waals surface area contributed by atoms with Crippen LogP contribution >= 0.6 is 0 Å². The van der Waals surface area contributed by atoms with Crippen LogP contribution in [0.3, 0.4) is 0 Å². The van der Waals surface area contributed by atoms with E-state index < -0.39 is 47.9 Å². The Morgan fingerprint density at radius 1 is 0.919 bits per heavy atom. The van der Waals surface area contributed by atoms with Crippen molar-refractivity contribution in [3.8, 4) is 0 Å². The van der Waals surface area contributed by atoms with Gasteiger partial charge in [0.2, 0.25) is 17.7 Å². The van der Waals surface area contributed by atoms with E-state index in [4.69, 9.17) is 28.7 Å². The van der Waals surface area contributed by atoms with Crippen molar-refractivity contribution >= 4 is 35.6 Å². The van der Waals surface area contributed by atoms with Gasteiger partial charge in [0, 0.05) is 19.6 Å². The first-order valence-corrected chi connectivity index (χ1v) is 12.4. The van der Waals surface area contributed by atoms with E-state index in [1.54, 1.807) is 13.8 Å². The third-order valence-corrected chi connectivity index (χ3v) is 5.98. The van der Waals surface area contributed by atoms with Crippen molar-refractivity contribution in [3.63, 3.8) is 0 Å². The molecule has 37 heavy (non-hydrogen) atoms. The number of likely N-dealkylation sites (tertiary alicyclic amines) is 1. The zero-order valence-corrected chi connectivity index (χ0v) is 21.6. The van der Waals surface area contributed by atoms with Crippen molar-refractivity contribution in [1.82, 2.24) is 15.5 Å². The summed E-state index contributed by atoms with van der Waals surface area (Å²) in [4.78, 5) is 59.8. The number of carboxylic acids is 1. The summed E-state index contributed by atoms with van der Waals surface area (Å²) >= 11 is 0. The van der Waals surface area contributed by atoms with Crippen molar-refractivity contribution in [2.24, 2.45) is 44.6 Å². The largest absolute Gasteiger partial charge is 0.480 e. The number of carbonyl (C=O) groups is 4. The number of rotatable bonds is 15. The number of carbonyl (C=O) groups excluding carboxylic acids is 3. The number of aliphatic imine (C=N–C) groups is 2. The Balaban J connectivity index is 3.08. The highest BCUT2D eigenvalue weighted by Crippen LogP contribution is 2.20. The molecule has 0 spiro atoms. The van der Waals surface area contributed by atoms with Crippen LogP contribution in [0.4, 0.5) is 0 Å². The van der Waals surface area contributed by atoms with Gasteiger partial charge in [-0.3, -0.25) is 24.4 Å². The summed E-state index contributed by atoms with van der Waals surface area (Å²) < 4.78 is 0. The number of nitrogens with zero attached hydrogens (tertiary/aromatic N) is 3. The van der Waals surface area contributed by atoms with E-state index >= 15 is 0 Å². The predicted molar refractivity (Wildman–Crippen MR) is 139 cm³/mol. The number of hydrogen-bond acceptors (Lipinski definition) is 7. The molecule has 0 aliphatic carbocycles. The maximum atomic E-state index is 13.3. The Morgan fingerprint density at radius 3 is 1.92 bits per heavy atom. The second kappa shape index (κ2) is 15.5. The molecule has 0 radical (unpaired) electrons. The van der Waals surface area contributed by atoms with E-state index in [2.05, 4.69) is 20.6 Å². The molecule has 4 atom stereocenters. The number of carboxylic acid groups (broad SMARTS) is 1.